The lowest BCUT2D eigenvalue weighted by molar-refractivity contribution is -0.263. The van der Waals surface area contributed by atoms with Crippen LogP contribution in [0.2, 0.25) is 0 Å². The normalized spacial score (nSPS) is 13.5. The lowest BCUT2D eigenvalue weighted by Crippen LogP contribution is -2.30. The van der Waals surface area contributed by atoms with Gasteiger partial charge in [0.15, 0.2) is 0 Å². The summed E-state index contributed by atoms with van der Waals surface area (Å²) in [6.45, 7) is 3.72. The van der Waals surface area contributed by atoms with Crippen LogP contribution in [0.1, 0.15) is 26.7 Å². The van der Waals surface area contributed by atoms with Crippen molar-refractivity contribution < 1.29 is 33.6 Å². The van der Waals surface area contributed by atoms with Crippen LogP contribution in [0.15, 0.2) is 0 Å². The number of hydrogen-bond acceptors (Lipinski definition) is 7. The highest BCUT2D eigenvalue weighted by molar-refractivity contribution is 7.53. The number of carbonyl (C=O) groups is 1. The molecule has 18 heavy (non-hydrogen) atoms. The zero-order valence-electron chi connectivity index (χ0n) is 10.5. The van der Waals surface area contributed by atoms with Crippen LogP contribution in [-0.2, 0) is 28.5 Å². The van der Waals surface area contributed by atoms with Crippen LogP contribution in [0.5, 0.6) is 0 Å². The van der Waals surface area contributed by atoms with E-state index in [1.807, 2.05) is 0 Å². The average Bonchev–Trinajstić information content (AvgIpc) is 2.34. The Morgan fingerprint density at radius 1 is 1.28 bits per heavy atom. The molecule has 0 saturated heterocycles. The average molecular weight is 285 g/mol. The minimum absolute atomic E-state index is 0.0337. The molecule has 0 aromatic carbocycles. The first-order valence-electron chi connectivity index (χ1n) is 5.65. The Morgan fingerprint density at radius 2 is 1.78 bits per heavy atom. The predicted molar refractivity (Wildman–Crippen MR) is 62.7 cm³/mol. The highest BCUT2D eigenvalue weighted by Crippen LogP contribution is 2.49. The maximum atomic E-state index is 12.0. The van der Waals surface area contributed by atoms with Gasteiger partial charge in [-0.05, 0) is 26.7 Å². The number of carboxylic acid groups (broad SMARTS) is 1. The lowest BCUT2D eigenvalue weighted by atomic mass is 10.2. The summed E-state index contributed by atoms with van der Waals surface area (Å²) >= 11 is 0. The fourth-order valence-corrected chi connectivity index (χ4v) is 2.26. The zero-order valence-corrected chi connectivity index (χ0v) is 11.4. The van der Waals surface area contributed by atoms with Gasteiger partial charge in [-0.3, -0.25) is 9.36 Å². The number of rotatable bonds is 11. The van der Waals surface area contributed by atoms with Gasteiger partial charge in [-0.1, -0.05) is 0 Å². The Kier molecular flexibility index (Phi) is 9.17. The maximum absolute atomic E-state index is 12.0. The second-order valence-corrected chi connectivity index (χ2v) is 5.35. The second kappa shape index (κ2) is 9.43. The van der Waals surface area contributed by atoms with Crippen molar-refractivity contribution in [1.29, 1.82) is 0 Å². The van der Waals surface area contributed by atoms with Gasteiger partial charge in [0.05, 0.1) is 19.4 Å². The summed E-state index contributed by atoms with van der Waals surface area (Å²) in [7, 11) is -3.53. The topological polar surface area (TPSA) is 117 Å². The van der Waals surface area contributed by atoms with Crippen molar-refractivity contribution in [2.75, 3.05) is 19.4 Å². The summed E-state index contributed by atoms with van der Waals surface area (Å²) in [5.74, 6) is -1.11. The maximum Gasteiger partial charge on any atom is 0.384 e. The van der Waals surface area contributed by atoms with E-state index in [-0.39, 0.29) is 32.2 Å². The van der Waals surface area contributed by atoms with Crippen LogP contribution >= 0.6 is 7.60 Å². The molecule has 0 radical (unpaired) electrons. The molecule has 8 nitrogen and oxygen atoms in total. The fourth-order valence-electron chi connectivity index (χ4n) is 0.981. The highest BCUT2D eigenvalue weighted by atomic mass is 31.2. The Hall–Kier alpha value is -0.500. The number of hydrogen-bond donors (Lipinski definition) is 2. The first kappa shape index (κ1) is 17.5. The molecule has 9 heteroatoms. The molecule has 0 amide bonds. The van der Waals surface area contributed by atoms with Gasteiger partial charge >= 0.3 is 13.6 Å². The van der Waals surface area contributed by atoms with Crippen LogP contribution in [-0.4, -0.2) is 36.5 Å². The minimum Gasteiger partial charge on any atom is -0.480 e. The molecule has 1 atom stereocenters. The van der Waals surface area contributed by atoms with Crippen LogP contribution in [0.3, 0.4) is 0 Å². The van der Waals surface area contributed by atoms with E-state index in [1.165, 1.54) is 0 Å². The monoisotopic (exact) mass is 285 g/mol. The van der Waals surface area contributed by atoms with Gasteiger partial charge in [0.2, 0.25) is 0 Å². The van der Waals surface area contributed by atoms with Crippen molar-refractivity contribution >= 4 is 13.6 Å². The van der Waals surface area contributed by atoms with Gasteiger partial charge in [0, 0.05) is 0 Å². The number of nitrogens with two attached hydrogens (primary N) is 1. The van der Waals surface area contributed by atoms with Crippen LogP contribution in [0.4, 0.5) is 0 Å². The van der Waals surface area contributed by atoms with E-state index in [0.717, 1.165) is 0 Å². The number of carboxylic acids is 1. The Morgan fingerprint density at radius 3 is 2.17 bits per heavy atom. The summed E-state index contributed by atoms with van der Waals surface area (Å²) in [6.07, 6.45) is 0.378. The molecular weight excluding hydrogens is 265 g/mol. The molecule has 0 aliphatic carbocycles. The molecule has 0 rings (SSSR count). The quantitative estimate of drug-likeness (QED) is 0.331. The second-order valence-electron chi connectivity index (χ2n) is 3.38. The number of aliphatic carboxylic acids is 1. The van der Waals surface area contributed by atoms with Gasteiger partial charge < -0.3 is 10.8 Å². The molecule has 0 aromatic heterocycles. The molecule has 0 saturated carbocycles. The van der Waals surface area contributed by atoms with E-state index in [4.69, 9.17) is 10.8 Å². The molecular formula is C9H20NO7P. The van der Waals surface area contributed by atoms with E-state index in [9.17, 15) is 9.36 Å². The molecule has 1 unspecified atom stereocenters. The van der Waals surface area contributed by atoms with E-state index in [0.29, 0.717) is 0 Å². The highest BCUT2D eigenvalue weighted by Gasteiger charge is 2.28. The third-order valence-electron chi connectivity index (χ3n) is 1.83. The summed E-state index contributed by atoms with van der Waals surface area (Å²) in [4.78, 5) is 19.7. The van der Waals surface area contributed by atoms with Crippen molar-refractivity contribution in [2.24, 2.45) is 5.73 Å². The van der Waals surface area contributed by atoms with Crippen molar-refractivity contribution in [1.82, 2.24) is 0 Å². The van der Waals surface area contributed by atoms with E-state index in [1.54, 1.807) is 13.8 Å². The molecule has 0 aliphatic heterocycles. The third-order valence-corrected chi connectivity index (χ3v) is 3.36. The summed E-state index contributed by atoms with van der Waals surface area (Å²) in [6, 6.07) is -1.00. The summed E-state index contributed by atoms with van der Waals surface area (Å²) < 4.78 is 21.3. The van der Waals surface area contributed by atoms with Gasteiger partial charge in [0.1, 0.15) is 6.04 Å². The van der Waals surface area contributed by atoms with Gasteiger partial charge in [-0.2, -0.15) is 0 Å². The van der Waals surface area contributed by atoms with Crippen LogP contribution in [0, 0.1) is 0 Å². The fraction of sp³-hybridized carbons (Fsp3) is 0.889. The third kappa shape index (κ3) is 7.75. The van der Waals surface area contributed by atoms with Crippen molar-refractivity contribution in [3.63, 3.8) is 0 Å². The Bertz CT molecular complexity index is 274. The standard InChI is InChI=1S/C9H20NO7P/c1-3-14-16-18(13,17-15-4-2)7-5-6-8(10)9(11)12/h8H,3-7,10H2,1-2H3,(H,11,12). The summed E-state index contributed by atoms with van der Waals surface area (Å²) in [5, 5.41) is 8.59. The van der Waals surface area contributed by atoms with E-state index < -0.39 is 19.6 Å². The molecule has 0 fully saturated rings. The van der Waals surface area contributed by atoms with Gasteiger partial charge in [0.25, 0.3) is 0 Å². The van der Waals surface area contributed by atoms with E-state index in [2.05, 4.69) is 19.1 Å². The molecule has 0 heterocycles. The zero-order chi connectivity index (χ0) is 14.0. The molecule has 0 aliphatic rings. The van der Waals surface area contributed by atoms with Crippen LogP contribution in [0.25, 0.3) is 0 Å². The van der Waals surface area contributed by atoms with E-state index >= 15 is 0 Å². The first-order chi connectivity index (χ1) is 8.45. The van der Waals surface area contributed by atoms with Gasteiger partial charge in [-0.25, -0.2) is 9.78 Å². The molecule has 0 aromatic rings. The van der Waals surface area contributed by atoms with Gasteiger partial charge in [-0.15, -0.1) is 9.35 Å². The Labute approximate surface area is 106 Å². The molecule has 0 bridgehead atoms. The lowest BCUT2D eigenvalue weighted by Gasteiger charge is -2.15. The Balaban J connectivity index is 4.15. The smallest absolute Gasteiger partial charge is 0.384 e. The first-order valence-corrected chi connectivity index (χ1v) is 7.37. The molecule has 108 valence electrons. The summed E-state index contributed by atoms with van der Waals surface area (Å²) in [5.41, 5.74) is 5.31. The molecule has 3 N–H and O–H groups in total. The predicted octanol–water partition coefficient (Wildman–Crippen LogP) is 1.31. The minimum atomic E-state index is -3.53. The SMILES string of the molecule is CCOOP(=O)(CCCC(N)C(=O)O)OOCC. The molecule has 0 spiro atoms. The largest absolute Gasteiger partial charge is 0.480 e. The van der Waals surface area contributed by atoms with Crippen molar-refractivity contribution in [3.8, 4) is 0 Å². The van der Waals surface area contributed by atoms with Crippen molar-refractivity contribution in [2.45, 2.75) is 32.7 Å². The van der Waals surface area contributed by atoms with Crippen molar-refractivity contribution in [3.05, 3.63) is 0 Å². The van der Waals surface area contributed by atoms with Crippen LogP contribution < -0.4 is 5.73 Å².